The molecule has 33 heavy (non-hydrogen) atoms. The smallest absolute Gasteiger partial charge is 0.190 e. The van der Waals surface area contributed by atoms with Crippen LogP contribution in [0, 0.1) is 22.7 Å². The molecule has 0 aromatic heterocycles. The van der Waals surface area contributed by atoms with E-state index < -0.39 is 0 Å². The predicted molar refractivity (Wildman–Crippen MR) is 146 cm³/mol. The second-order valence-electron chi connectivity index (χ2n) is 8.68. The molecule has 0 heterocycles. The van der Waals surface area contributed by atoms with E-state index in [1.165, 1.54) is 44.9 Å². The van der Waals surface area contributed by atoms with E-state index in [-0.39, 0.29) is 5.84 Å². The van der Waals surface area contributed by atoms with Crippen LogP contribution in [0.3, 0.4) is 0 Å². The van der Waals surface area contributed by atoms with Crippen LogP contribution < -0.4 is 11.1 Å². The Morgan fingerprint density at radius 2 is 1.70 bits per heavy atom. The fraction of sp³-hybridized carbons (Fsp3) is 0.643. The summed E-state index contributed by atoms with van der Waals surface area (Å²) in [7, 11) is 2.00. The molecule has 0 amide bonds. The molecule has 0 rings (SSSR count). The summed E-state index contributed by atoms with van der Waals surface area (Å²) in [6.45, 7) is 9.99. The van der Waals surface area contributed by atoms with Gasteiger partial charge in [0.25, 0.3) is 0 Å². The van der Waals surface area contributed by atoms with Crippen molar-refractivity contribution in [3.05, 3.63) is 36.0 Å². The highest BCUT2D eigenvalue weighted by Crippen LogP contribution is 2.09. The molecule has 0 aromatic carbocycles. The van der Waals surface area contributed by atoms with Crippen molar-refractivity contribution in [2.24, 2.45) is 5.73 Å². The van der Waals surface area contributed by atoms with Crippen LogP contribution in [-0.4, -0.2) is 36.8 Å². The standard InChI is InChI=1S/C28H49N5/c1-5-7-8-9-10-11-12-16-23-33(4)28(31)32-22-15-13-14-20-26(18-6-2)21-17-19-25(3)24-27(29)30/h17-19H,3,5-13,15-16,21-24H2,1-2,4H3,(H3,29,30)(H2,31,32)/b19-17-,26-18?. The molecule has 186 valence electrons. The Labute approximate surface area is 204 Å². The quantitative estimate of drug-likeness (QED) is 0.0622. The zero-order valence-corrected chi connectivity index (χ0v) is 21.6. The molecule has 0 radical (unpaired) electrons. The van der Waals surface area contributed by atoms with Crippen molar-refractivity contribution < 1.29 is 0 Å². The third kappa shape index (κ3) is 19.9. The van der Waals surface area contributed by atoms with E-state index in [0.29, 0.717) is 12.4 Å². The number of allylic oxidation sites excluding steroid dienone is 4. The largest absolute Gasteiger partial charge is 0.387 e. The van der Waals surface area contributed by atoms with Crippen LogP contribution in [0.4, 0.5) is 0 Å². The molecule has 5 N–H and O–H groups in total. The van der Waals surface area contributed by atoms with E-state index >= 15 is 0 Å². The van der Waals surface area contributed by atoms with Crippen molar-refractivity contribution in [2.45, 2.75) is 97.3 Å². The van der Waals surface area contributed by atoms with Gasteiger partial charge in [-0.05, 0) is 31.3 Å². The van der Waals surface area contributed by atoms with Crippen LogP contribution in [0.15, 0.2) is 36.0 Å². The molecule has 0 aliphatic carbocycles. The first-order chi connectivity index (χ1) is 15.9. The Hall–Kier alpha value is -2.48. The predicted octanol–water partition coefficient (Wildman–Crippen LogP) is 6.53. The minimum atomic E-state index is 0.134. The SMILES string of the molecule is C=C(/C=C\CC(C#CCCCNC(=N)N(C)CCCCCCCCCC)=CCC)CC(=N)N. The lowest BCUT2D eigenvalue weighted by Gasteiger charge is -2.20. The molecule has 0 saturated heterocycles. The van der Waals surface area contributed by atoms with Crippen LogP contribution in [0.2, 0.25) is 0 Å². The monoisotopic (exact) mass is 455 g/mol. The van der Waals surface area contributed by atoms with Gasteiger partial charge in [-0.25, -0.2) is 0 Å². The summed E-state index contributed by atoms with van der Waals surface area (Å²) in [6, 6.07) is 0. The molecule has 0 unspecified atom stereocenters. The van der Waals surface area contributed by atoms with Gasteiger partial charge in [0.15, 0.2) is 5.96 Å². The molecule has 5 nitrogen and oxygen atoms in total. The fourth-order valence-electron chi connectivity index (χ4n) is 3.38. The molecule has 0 spiro atoms. The summed E-state index contributed by atoms with van der Waals surface area (Å²) >= 11 is 0. The van der Waals surface area contributed by atoms with Crippen molar-refractivity contribution in [1.82, 2.24) is 10.2 Å². The average molecular weight is 456 g/mol. The number of hydrogen-bond acceptors (Lipinski definition) is 2. The zero-order valence-electron chi connectivity index (χ0n) is 21.6. The third-order valence-corrected chi connectivity index (χ3v) is 5.31. The number of nitrogens with two attached hydrogens (primary N) is 1. The number of nitrogens with zero attached hydrogens (tertiary/aromatic N) is 1. The van der Waals surface area contributed by atoms with Gasteiger partial charge < -0.3 is 16.0 Å². The van der Waals surface area contributed by atoms with Gasteiger partial charge in [0.05, 0.1) is 5.84 Å². The normalized spacial score (nSPS) is 11.2. The second-order valence-corrected chi connectivity index (χ2v) is 8.68. The Bertz CT molecular complexity index is 678. The molecule has 0 aromatic rings. The number of nitrogens with one attached hydrogen (secondary N) is 3. The molecule has 0 aliphatic rings. The van der Waals surface area contributed by atoms with Crippen molar-refractivity contribution >= 4 is 11.8 Å². The zero-order chi connectivity index (χ0) is 24.7. The molecular formula is C28H49N5. The van der Waals surface area contributed by atoms with E-state index in [1.807, 2.05) is 24.1 Å². The topological polar surface area (TPSA) is 89.0 Å². The highest BCUT2D eigenvalue weighted by molar-refractivity contribution is 5.79. The maximum atomic E-state index is 8.18. The van der Waals surface area contributed by atoms with Gasteiger partial charge in [-0.3, -0.25) is 10.8 Å². The molecule has 0 atom stereocenters. The van der Waals surface area contributed by atoms with Crippen molar-refractivity contribution in [3.63, 3.8) is 0 Å². The van der Waals surface area contributed by atoms with E-state index in [1.54, 1.807) is 0 Å². The van der Waals surface area contributed by atoms with Gasteiger partial charge in [-0.1, -0.05) is 95.4 Å². The lowest BCUT2D eigenvalue weighted by atomic mass is 10.1. The van der Waals surface area contributed by atoms with Gasteiger partial charge in [-0.15, -0.1) is 0 Å². The first-order valence-electron chi connectivity index (χ1n) is 12.8. The van der Waals surface area contributed by atoms with Crippen LogP contribution in [0.5, 0.6) is 0 Å². The van der Waals surface area contributed by atoms with Crippen LogP contribution in [-0.2, 0) is 0 Å². The first-order valence-corrected chi connectivity index (χ1v) is 12.8. The van der Waals surface area contributed by atoms with Crippen LogP contribution in [0.1, 0.15) is 97.3 Å². The summed E-state index contributed by atoms with van der Waals surface area (Å²) in [4.78, 5) is 2.01. The molecule has 0 saturated carbocycles. The molecule has 0 fully saturated rings. The van der Waals surface area contributed by atoms with Gasteiger partial charge in [0.1, 0.15) is 0 Å². The second kappa shape index (κ2) is 21.4. The minimum absolute atomic E-state index is 0.134. The van der Waals surface area contributed by atoms with E-state index in [9.17, 15) is 0 Å². The Balaban J connectivity index is 4.01. The maximum absolute atomic E-state index is 8.18. The summed E-state index contributed by atoms with van der Waals surface area (Å²) in [5.74, 6) is 7.17. The lowest BCUT2D eigenvalue weighted by Crippen LogP contribution is -2.38. The van der Waals surface area contributed by atoms with Gasteiger partial charge >= 0.3 is 0 Å². The van der Waals surface area contributed by atoms with Crippen molar-refractivity contribution in [1.29, 1.82) is 10.8 Å². The van der Waals surface area contributed by atoms with Gasteiger partial charge in [0.2, 0.25) is 0 Å². The highest BCUT2D eigenvalue weighted by Gasteiger charge is 2.03. The number of amidine groups is 1. The number of rotatable bonds is 18. The summed E-state index contributed by atoms with van der Waals surface area (Å²) in [5.41, 5.74) is 7.34. The third-order valence-electron chi connectivity index (χ3n) is 5.31. The first kappa shape index (κ1) is 30.5. The summed E-state index contributed by atoms with van der Waals surface area (Å²) in [6.07, 6.45) is 20.5. The van der Waals surface area contributed by atoms with Crippen LogP contribution >= 0.6 is 0 Å². The summed E-state index contributed by atoms with van der Waals surface area (Å²) in [5, 5.41) is 18.7. The average Bonchev–Trinajstić information content (AvgIpc) is 2.76. The van der Waals surface area contributed by atoms with Gasteiger partial charge in [-0.2, -0.15) is 0 Å². The number of unbranched alkanes of at least 4 members (excludes halogenated alkanes) is 8. The Kier molecular flexibility index (Phi) is 19.8. The molecule has 5 heteroatoms. The van der Waals surface area contributed by atoms with Crippen LogP contribution in [0.25, 0.3) is 0 Å². The fourth-order valence-corrected chi connectivity index (χ4v) is 3.38. The number of guanidine groups is 1. The van der Waals surface area contributed by atoms with E-state index in [0.717, 1.165) is 56.3 Å². The van der Waals surface area contributed by atoms with E-state index in [4.69, 9.17) is 16.6 Å². The Morgan fingerprint density at radius 3 is 2.33 bits per heavy atom. The molecular weight excluding hydrogens is 406 g/mol. The van der Waals surface area contributed by atoms with Crippen molar-refractivity contribution in [2.75, 3.05) is 20.1 Å². The lowest BCUT2D eigenvalue weighted by molar-refractivity contribution is 0.446. The Morgan fingerprint density at radius 1 is 1.03 bits per heavy atom. The molecule has 0 bridgehead atoms. The molecule has 0 aliphatic heterocycles. The van der Waals surface area contributed by atoms with Crippen molar-refractivity contribution in [3.8, 4) is 11.8 Å². The van der Waals surface area contributed by atoms with Gasteiger partial charge in [0, 0.05) is 38.6 Å². The summed E-state index contributed by atoms with van der Waals surface area (Å²) < 4.78 is 0. The maximum Gasteiger partial charge on any atom is 0.190 e. The van der Waals surface area contributed by atoms with E-state index in [2.05, 4.69) is 43.7 Å². The number of hydrogen-bond donors (Lipinski definition) is 4. The minimum Gasteiger partial charge on any atom is -0.387 e. The highest BCUT2D eigenvalue weighted by atomic mass is 15.3.